The van der Waals surface area contributed by atoms with E-state index in [-0.39, 0.29) is 0 Å². The second-order valence-electron chi connectivity index (χ2n) is 12.0. The van der Waals surface area contributed by atoms with Gasteiger partial charge >= 0.3 is 0 Å². The number of anilines is 1. The summed E-state index contributed by atoms with van der Waals surface area (Å²) in [6.45, 7) is 3.63. The molecule has 0 atom stereocenters. The number of hydrogen-bond donors (Lipinski definition) is 0. The third kappa shape index (κ3) is 13.8. The zero-order valence-electron chi connectivity index (χ0n) is 25.5. The summed E-state index contributed by atoms with van der Waals surface area (Å²) in [4.78, 5) is 6.76. The predicted molar refractivity (Wildman–Crippen MR) is 173 cm³/mol. The van der Waals surface area contributed by atoms with Crippen LogP contribution in [0.3, 0.4) is 0 Å². The minimum atomic E-state index is 1.08. The van der Waals surface area contributed by atoms with Crippen molar-refractivity contribution in [3.8, 4) is 10.6 Å². The summed E-state index contributed by atoms with van der Waals surface area (Å²) in [5.74, 6) is 0. The Labute approximate surface area is 238 Å². The topological polar surface area (TPSA) is 16.1 Å². The van der Waals surface area contributed by atoms with E-state index in [1.807, 2.05) is 20.2 Å². The first kappa shape index (κ1) is 32.3. The first-order valence-electron chi connectivity index (χ1n) is 15.2. The lowest BCUT2D eigenvalue weighted by atomic mass is 10.0. The Kier molecular flexibility index (Phi) is 15.6. The van der Waals surface area contributed by atoms with E-state index in [9.17, 15) is 0 Å². The molecule has 212 valence electrons. The Balaban J connectivity index is 0.000000267. The molecule has 0 saturated heterocycles. The Morgan fingerprint density at radius 1 is 0.658 bits per heavy atom. The smallest absolute Gasteiger partial charge is 0.124 e. The van der Waals surface area contributed by atoms with Gasteiger partial charge in [0.1, 0.15) is 5.01 Å². The van der Waals surface area contributed by atoms with Gasteiger partial charge in [-0.15, -0.1) is 11.3 Å². The number of thiazole rings is 1. The summed E-state index contributed by atoms with van der Waals surface area (Å²) in [5.41, 5.74) is 3.47. The van der Waals surface area contributed by atoms with Gasteiger partial charge in [-0.2, -0.15) is 0 Å². The molecule has 0 saturated carbocycles. The van der Waals surface area contributed by atoms with Crippen LogP contribution < -0.4 is 4.90 Å². The molecule has 0 bridgehead atoms. The molecule has 3 aromatic rings. The van der Waals surface area contributed by atoms with Crippen LogP contribution in [0.1, 0.15) is 96.8 Å². The number of fused-ring (bicyclic) bond motifs is 1. The maximum absolute atomic E-state index is 4.66. The highest BCUT2D eigenvalue weighted by Crippen LogP contribution is 2.30. The van der Waals surface area contributed by atoms with Gasteiger partial charge in [-0.3, -0.25) is 0 Å². The summed E-state index contributed by atoms with van der Waals surface area (Å²) in [6.07, 6.45) is 20.4. The Hall–Kier alpha value is -1.91. The van der Waals surface area contributed by atoms with E-state index < -0.39 is 0 Å². The number of benzene rings is 2. The SMILES string of the molecule is CCCCCCCCCCCCCCCC[N+](C)(C)C.CN(C)c1ccc(-c2nc3ccccc3s2)cc1. The van der Waals surface area contributed by atoms with Crippen LogP contribution in [-0.4, -0.2) is 51.3 Å². The molecule has 0 amide bonds. The summed E-state index contributed by atoms with van der Waals surface area (Å²) in [5, 5.41) is 1.08. The van der Waals surface area contributed by atoms with Crippen molar-refractivity contribution in [1.82, 2.24) is 4.98 Å². The molecule has 0 aliphatic carbocycles. The highest BCUT2D eigenvalue weighted by Gasteiger charge is 2.06. The molecule has 0 unspecified atom stereocenters. The fourth-order valence-electron chi connectivity index (χ4n) is 4.68. The zero-order chi connectivity index (χ0) is 27.6. The van der Waals surface area contributed by atoms with Crippen LogP contribution in [0.4, 0.5) is 5.69 Å². The van der Waals surface area contributed by atoms with Crippen LogP contribution in [-0.2, 0) is 0 Å². The summed E-state index contributed by atoms with van der Waals surface area (Å²) >= 11 is 1.74. The van der Waals surface area contributed by atoms with Crippen LogP contribution >= 0.6 is 11.3 Å². The number of unbranched alkanes of at least 4 members (excludes halogenated alkanes) is 13. The average molecular weight is 539 g/mol. The predicted octanol–water partition coefficient (Wildman–Crippen LogP) is 10.2. The molecule has 0 N–H and O–H groups in total. The lowest BCUT2D eigenvalue weighted by molar-refractivity contribution is -0.870. The van der Waals surface area contributed by atoms with E-state index in [2.05, 4.69) is 80.4 Å². The number of aromatic nitrogens is 1. The van der Waals surface area contributed by atoms with Crippen molar-refractivity contribution < 1.29 is 4.48 Å². The molecular weight excluding hydrogens is 482 g/mol. The monoisotopic (exact) mass is 538 g/mol. The average Bonchev–Trinajstić information content (AvgIpc) is 3.33. The summed E-state index contributed by atoms with van der Waals surface area (Å²) in [7, 11) is 11.0. The fourth-order valence-corrected chi connectivity index (χ4v) is 5.65. The van der Waals surface area contributed by atoms with Crippen LogP contribution in [0.25, 0.3) is 20.8 Å². The number of para-hydroxylation sites is 1. The molecule has 0 aliphatic rings. The van der Waals surface area contributed by atoms with Crippen molar-refractivity contribution in [2.75, 3.05) is 46.7 Å². The fraction of sp³-hybridized carbons (Fsp3) is 0.618. The summed E-state index contributed by atoms with van der Waals surface area (Å²) < 4.78 is 2.36. The third-order valence-corrected chi connectivity index (χ3v) is 8.19. The van der Waals surface area contributed by atoms with Gasteiger partial charge in [0.05, 0.1) is 37.9 Å². The van der Waals surface area contributed by atoms with Crippen LogP contribution in [0.2, 0.25) is 0 Å². The van der Waals surface area contributed by atoms with Gasteiger partial charge in [0.2, 0.25) is 0 Å². The maximum atomic E-state index is 4.66. The van der Waals surface area contributed by atoms with Gasteiger partial charge in [-0.05, 0) is 49.2 Å². The molecule has 4 heteroatoms. The van der Waals surface area contributed by atoms with E-state index in [4.69, 9.17) is 0 Å². The first-order valence-corrected chi connectivity index (χ1v) is 16.1. The number of nitrogens with zero attached hydrogens (tertiary/aromatic N) is 3. The van der Waals surface area contributed by atoms with Crippen LogP contribution in [0.5, 0.6) is 0 Å². The second kappa shape index (κ2) is 18.4. The van der Waals surface area contributed by atoms with E-state index in [0.29, 0.717) is 0 Å². The summed E-state index contributed by atoms with van der Waals surface area (Å²) in [6, 6.07) is 16.8. The largest absolute Gasteiger partial charge is 0.378 e. The van der Waals surface area contributed by atoms with Crippen molar-refractivity contribution in [3.63, 3.8) is 0 Å². The van der Waals surface area contributed by atoms with Crippen molar-refractivity contribution in [2.24, 2.45) is 0 Å². The van der Waals surface area contributed by atoms with E-state index in [1.54, 1.807) is 11.3 Å². The zero-order valence-corrected chi connectivity index (χ0v) is 26.3. The van der Waals surface area contributed by atoms with Gasteiger partial charge in [0, 0.05) is 25.3 Å². The molecule has 2 aromatic carbocycles. The number of hydrogen-bond acceptors (Lipinski definition) is 3. The molecule has 0 fully saturated rings. The van der Waals surface area contributed by atoms with E-state index >= 15 is 0 Å². The quantitative estimate of drug-likeness (QED) is 0.125. The molecule has 3 nitrogen and oxygen atoms in total. The Morgan fingerprint density at radius 2 is 1.16 bits per heavy atom. The lowest BCUT2D eigenvalue weighted by Gasteiger charge is -2.23. The molecule has 0 spiro atoms. The maximum Gasteiger partial charge on any atom is 0.124 e. The Morgan fingerprint density at radius 3 is 1.63 bits per heavy atom. The third-order valence-electron chi connectivity index (χ3n) is 7.11. The van der Waals surface area contributed by atoms with Gasteiger partial charge in [-0.1, -0.05) is 96.1 Å². The van der Waals surface area contributed by atoms with Gasteiger partial charge in [0.25, 0.3) is 0 Å². The standard InChI is InChI=1S/C19H42N.C15H14N2S/c1-5-6-7-8-9-10-11-12-13-14-15-16-17-18-19-20(2,3)4;1-17(2)12-9-7-11(8-10-12)15-16-13-5-3-4-6-14(13)18-15/h5-19H2,1-4H3;3-10H,1-2H3/q+1;. The van der Waals surface area contributed by atoms with Crippen molar-refractivity contribution in [3.05, 3.63) is 48.5 Å². The van der Waals surface area contributed by atoms with Crippen LogP contribution in [0, 0.1) is 0 Å². The molecule has 1 heterocycles. The first-order chi connectivity index (χ1) is 18.3. The van der Waals surface area contributed by atoms with E-state index in [0.717, 1.165) is 15.0 Å². The Bertz CT molecular complexity index is 952. The van der Waals surface area contributed by atoms with Crippen molar-refractivity contribution in [1.29, 1.82) is 0 Å². The minimum Gasteiger partial charge on any atom is -0.378 e. The van der Waals surface area contributed by atoms with E-state index in [1.165, 1.54) is 112 Å². The molecule has 0 radical (unpaired) electrons. The van der Waals surface area contributed by atoms with Gasteiger partial charge in [-0.25, -0.2) is 4.98 Å². The minimum absolute atomic E-state index is 1.08. The van der Waals surface area contributed by atoms with Crippen LogP contribution in [0.15, 0.2) is 48.5 Å². The molecule has 0 aliphatic heterocycles. The molecule has 38 heavy (non-hydrogen) atoms. The molecule has 1 aromatic heterocycles. The molecule has 3 rings (SSSR count). The highest BCUT2D eigenvalue weighted by molar-refractivity contribution is 7.21. The number of rotatable bonds is 17. The lowest BCUT2D eigenvalue weighted by Crippen LogP contribution is -2.35. The second-order valence-corrected chi connectivity index (χ2v) is 13.1. The van der Waals surface area contributed by atoms with Gasteiger partial charge < -0.3 is 9.38 Å². The molecular formula is C34H56N3S+. The normalized spacial score (nSPS) is 11.4. The van der Waals surface area contributed by atoms with Gasteiger partial charge in [0.15, 0.2) is 0 Å². The highest BCUT2D eigenvalue weighted by atomic mass is 32.1. The van der Waals surface area contributed by atoms with Crippen molar-refractivity contribution in [2.45, 2.75) is 96.8 Å². The van der Waals surface area contributed by atoms with Crippen molar-refractivity contribution >= 4 is 27.2 Å². The number of quaternary nitrogens is 1.